The lowest BCUT2D eigenvalue weighted by atomic mass is 10.2. The molecule has 0 unspecified atom stereocenters. The van der Waals surface area contributed by atoms with Gasteiger partial charge in [-0.1, -0.05) is 0 Å². The van der Waals surface area contributed by atoms with E-state index in [4.69, 9.17) is 18.9 Å². The monoisotopic (exact) mass is 395 g/mol. The minimum absolute atomic E-state index is 0.0563. The summed E-state index contributed by atoms with van der Waals surface area (Å²) in [5.41, 5.74) is 1.11. The normalized spacial score (nSPS) is 11.0. The predicted molar refractivity (Wildman–Crippen MR) is 112 cm³/mol. The van der Waals surface area contributed by atoms with Crippen LogP contribution in [0.15, 0.2) is 24.3 Å². The average Bonchev–Trinajstić information content (AvgIpc) is 2.65. The van der Waals surface area contributed by atoms with Crippen molar-refractivity contribution in [1.82, 2.24) is 0 Å². The van der Waals surface area contributed by atoms with Gasteiger partial charge in [-0.05, 0) is 64.3 Å². The molecule has 1 aromatic rings. The molecule has 0 aliphatic carbocycles. The Bertz CT molecular complexity index is 504. The van der Waals surface area contributed by atoms with E-state index in [1.165, 1.54) is 6.92 Å². The standard InChI is InChI=1S/C22H37NO5/c1-19(2)23-21-8-10-22(11-9-21)28-17-7-15-26-13-5-4-12-25-14-6-16-27-18-20(3)24/h8-11,19,23H,4-7,12-18H2,1-3H3. The van der Waals surface area contributed by atoms with Gasteiger partial charge < -0.3 is 24.3 Å². The Morgan fingerprint density at radius 2 is 1.36 bits per heavy atom. The molecule has 0 aliphatic heterocycles. The SMILES string of the molecule is CC(=O)COCCCOCCCCOCCCOc1ccc(NC(C)C)cc1. The third-order valence-corrected chi connectivity index (χ3v) is 3.72. The zero-order valence-electron chi connectivity index (χ0n) is 17.7. The molecule has 0 atom stereocenters. The fourth-order valence-electron chi connectivity index (χ4n) is 2.42. The number of anilines is 1. The molecule has 0 amide bonds. The van der Waals surface area contributed by atoms with Crippen molar-refractivity contribution in [1.29, 1.82) is 0 Å². The predicted octanol–water partition coefficient (Wildman–Crippen LogP) is 4.08. The molecular weight excluding hydrogens is 358 g/mol. The van der Waals surface area contributed by atoms with E-state index in [2.05, 4.69) is 19.2 Å². The molecule has 1 N–H and O–H groups in total. The highest BCUT2D eigenvalue weighted by Gasteiger charge is 1.98. The molecule has 0 saturated heterocycles. The van der Waals surface area contributed by atoms with Gasteiger partial charge in [-0.25, -0.2) is 0 Å². The smallest absolute Gasteiger partial charge is 0.155 e. The second kappa shape index (κ2) is 16.3. The van der Waals surface area contributed by atoms with Crippen molar-refractivity contribution in [3.05, 3.63) is 24.3 Å². The molecule has 6 nitrogen and oxygen atoms in total. The number of ether oxygens (including phenoxy) is 4. The highest BCUT2D eigenvalue weighted by molar-refractivity contribution is 5.76. The molecule has 0 aromatic heterocycles. The Labute approximate surface area is 169 Å². The maximum absolute atomic E-state index is 10.7. The van der Waals surface area contributed by atoms with E-state index < -0.39 is 0 Å². The third-order valence-electron chi connectivity index (χ3n) is 3.72. The maximum Gasteiger partial charge on any atom is 0.155 e. The summed E-state index contributed by atoms with van der Waals surface area (Å²) in [6.45, 7) is 10.1. The van der Waals surface area contributed by atoms with Crippen LogP contribution in [0.3, 0.4) is 0 Å². The summed E-state index contributed by atoms with van der Waals surface area (Å²) in [7, 11) is 0. The zero-order chi connectivity index (χ0) is 20.5. The Morgan fingerprint density at radius 1 is 0.821 bits per heavy atom. The molecular formula is C22H37NO5. The fourth-order valence-corrected chi connectivity index (χ4v) is 2.42. The van der Waals surface area contributed by atoms with Crippen molar-refractivity contribution in [2.45, 2.75) is 52.5 Å². The molecule has 0 aliphatic rings. The first-order valence-electron chi connectivity index (χ1n) is 10.3. The first-order chi connectivity index (χ1) is 13.6. The Balaban J connectivity index is 1.83. The molecule has 28 heavy (non-hydrogen) atoms. The Kier molecular flexibility index (Phi) is 14.2. The van der Waals surface area contributed by atoms with Gasteiger partial charge in [0.25, 0.3) is 0 Å². The Morgan fingerprint density at radius 3 is 1.93 bits per heavy atom. The summed E-state index contributed by atoms with van der Waals surface area (Å²) in [5.74, 6) is 0.943. The molecule has 0 radical (unpaired) electrons. The largest absolute Gasteiger partial charge is 0.494 e. The summed E-state index contributed by atoms with van der Waals surface area (Å²) in [6, 6.07) is 8.47. The van der Waals surface area contributed by atoms with Gasteiger partial charge in [-0.15, -0.1) is 0 Å². The minimum Gasteiger partial charge on any atom is -0.494 e. The molecule has 1 aromatic carbocycles. The number of carbonyl (C=O) groups is 1. The van der Waals surface area contributed by atoms with E-state index in [1.54, 1.807) is 0 Å². The van der Waals surface area contributed by atoms with E-state index in [-0.39, 0.29) is 12.4 Å². The number of benzene rings is 1. The number of unbranched alkanes of at least 4 members (excludes halogenated alkanes) is 1. The summed E-state index contributed by atoms with van der Waals surface area (Å²) in [5, 5.41) is 3.35. The average molecular weight is 396 g/mol. The van der Waals surface area contributed by atoms with Gasteiger partial charge in [0.1, 0.15) is 12.4 Å². The van der Waals surface area contributed by atoms with Gasteiger partial charge in [0.05, 0.1) is 6.61 Å². The van der Waals surface area contributed by atoms with E-state index in [1.807, 2.05) is 24.3 Å². The van der Waals surface area contributed by atoms with Gasteiger partial charge >= 0.3 is 0 Å². The number of nitrogens with one attached hydrogen (secondary N) is 1. The number of hydrogen-bond donors (Lipinski definition) is 1. The van der Waals surface area contributed by atoms with Crippen LogP contribution >= 0.6 is 0 Å². The Hall–Kier alpha value is -1.63. The first kappa shape index (κ1) is 24.4. The number of ketones is 1. The quantitative estimate of drug-likeness (QED) is 0.378. The van der Waals surface area contributed by atoms with Crippen LogP contribution in [0.5, 0.6) is 5.75 Å². The van der Waals surface area contributed by atoms with E-state index in [0.29, 0.717) is 32.5 Å². The van der Waals surface area contributed by atoms with E-state index in [9.17, 15) is 4.79 Å². The minimum atomic E-state index is 0.0563. The van der Waals surface area contributed by atoms with E-state index >= 15 is 0 Å². The van der Waals surface area contributed by atoms with Gasteiger partial charge in [-0.3, -0.25) is 4.79 Å². The van der Waals surface area contributed by atoms with Crippen molar-refractivity contribution < 1.29 is 23.7 Å². The van der Waals surface area contributed by atoms with Crippen LogP contribution in [0.1, 0.15) is 46.5 Å². The lowest BCUT2D eigenvalue weighted by Crippen LogP contribution is -2.09. The van der Waals surface area contributed by atoms with Crippen LogP contribution in [0.4, 0.5) is 5.69 Å². The summed E-state index contributed by atoms with van der Waals surface area (Å²) in [4.78, 5) is 10.7. The lowest BCUT2D eigenvalue weighted by Gasteiger charge is -2.11. The summed E-state index contributed by atoms with van der Waals surface area (Å²) < 4.78 is 22.0. The zero-order valence-corrected chi connectivity index (χ0v) is 17.7. The van der Waals surface area contributed by atoms with Crippen LogP contribution in [-0.4, -0.2) is 58.1 Å². The highest BCUT2D eigenvalue weighted by atomic mass is 16.5. The van der Waals surface area contributed by atoms with Gasteiger partial charge in [0.15, 0.2) is 5.78 Å². The van der Waals surface area contributed by atoms with Crippen LogP contribution in [-0.2, 0) is 19.0 Å². The van der Waals surface area contributed by atoms with Gasteiger partial charge in [-0.2, -0.15) is 0 Å². The van der Waals surface area contributed by atoms with Crippen molar-refractivity contribution >= 4 is 11.5 Å². The molecule has 0 spiro atoms. The molecule has 160 valence electrons. The first-order valence-corrected chi connectivity index (χ1v) is 10.3. The van der Waals surface area contributed by atoms with Crippen LogP contribution in [0, 0.1) is 0 Å². The second-order valence-corrected chi connectivity index (χ2v) is 7.07. The molecule has 0 saturated carbocycles. The van der Waals surface area contributed by atoms with Crippen LogP contribution in [0.25, 0.3) is 0 Å². The number of Topliss-reactive ketones (excluding diaryl/α,β-unsaturated/α-hetero) is 1. The van der Waals surface area contributed by atoms with Crippen molar-refractivity contribution in [3.63, 3.8) is 0 Å². The third kappa shape index (κ3) is 14.4. The summed E-state index contributed by atoms with van der Waals surface area (Å²) in [6.07, 6.45) is 3.68. The highest BCUT2D eigenvalue weighted by Crippen LogP contribution is 2.16. The molecule has 6 heteroatoms. The van der Waals surface area contributed by atoms with Gasteiger partial charge in [0.2, 0.25) is 0 Å². The van der Waals surface area contributed by atoms with E-state index in [0.717, 1.165) is 50.3 Å². The number of hydrogen-bond acceptors (Lipinski definition) is 6. The van der Waals surface area contributed by atoms with Crippen molar-refractivity contribution in [2.75, 3.05) is 51.6 Å². The van der Waals surface area contributed by atoms with Crippen molar-refractivity contribution in [3.8, 4) is 5.75 Å². The topological polar surface area (TPSA) is 66.0 Å². The summed E-state index contributed by atoms with van der Waals surface area (Å²) >= 11 is 0. The molecule has 1 rings (SSSR count). The molecule has 0 bridgehead atoms. The molecule has 0 heterocycles. The fraction of sp³-hybridized carbons (Fsp3) is 0.682. The number of rotatable bonds is 18. The van der Waals surface area contributed by atoms with Gasteiger partial charge in [0, 0.05) is 51.2 Å². The second-order valence-electron chi connectivity index (χ2n) is 7.07. The van der Waals surface area contributed by atoms with Crippen LogP contribution in [0.2, 0.25) is 0 Å². The van der Waals surface area contributed by atoms with Crippen molar-refractivity contribution in [2.24, 2.45) is 0 Å². The molecule has 0 fully saturated rings. The number of carbonyl (C=O) groups excluding carboxylic acids is 1. The van der Waals surface area contributed by atoms with Crippen LogP contribution < -0.4 is 10.1 Å². The maximum atomic E-state index is 10.7. The lowest BCUT2D eigenvalue weighted by molar-refractivity contribution is -0.121.